The number of aryl methyl sites for hydroxylation is 3. The smallest absolute Gasteiger partial charge is 0.257 e. The van der Waals surface area contributed by atoms with Gasteiger partial charge in [-0.15, -0.1) is 0 Å². The van der Waals surface area contributed by atoms with Crippen molar-refractivity contribution in [3.63, 3.8) is 0 Å². The summed E-state index contributed by atoms with van der Waals surface area (Å²) in [5, 5.41) is 4.00. The summed E-state index contributed by atoms with van der Waals surface area (Å²) in [6, 6.07) is 5.77. The van der Waals surface area contributed by atoms with Crippen molar-refractivity contribution >= 4 is 5.91 Å². The Morgan fingerprint density at radius 1 is 1.18 bits per heavy atom. The largest absolute Gasteiger partial charge is 0.368 e. The van der Waals surface area contributed by atoms with Crippen LogP contribution in [0.2, 0.25) is 0 Å². The molecule has 0 aliphatic carbocycles. The van der Waals surface area contributed by atoms with E-state index < -0.39 is 0 Å². The lowest BCUT2D eigenvalue weighted by Gasteiger charge is -2.32. The number of pyridine rings is 1. The van der Waals surface area contributed by atoms with E-state index in [-0.39, 0.29) is 12.0 Å². The predicted octanol–water partition coefficient (Wildman–Crippen LogP) is 2.67. The Balaban J connectivity index is 1.56. The highest BCUT2D eigenvalue weighted by Gasteiger charge is 2.28. The van der Waals surface area contributed by atoms with Gasteiger partial charge in [-0.3, -0.25) is 4.79 Å². The summed E-state index contributed by atoms with van der Waals surface area (Å²) in [5.74, 6) is 1.26. The van der Waals surface area contributed by atoms with Gasteiger partial charge in [0, 0.05) is 18.9 Å². The van der Waals surface area contributed by atoms with E-state index in [0.29, 0.717) is 31.1 Å². The van der Waals surface area contributed by atoms with Crippen LogP contribution in [0.3, 0.4) is 0 Å². The third kappa shape index (κ3) is 3.50. The zero-order valence-electron chi connectivity index (χ0n) is 16.0. The highest BCUT2D eigenvalue weighted by Crippen LogP contribution is 2.28. The minimum Gasteiger partial charge on any atom is -0.368 e. The molecule has 0 bridgehead atoms. The van der Waals surface area contributed by atoms with Crippen molar-refractivity contribution in [1.82, 2.24) is 25.0 Å². The molecule has 1 aliphatic heterocycles. The third-order valence-electron chi connectivity index (χ3n) is 4.77. The number of ether oxygens (including phenoxy) is 1. The number of hydrogen-bond acceptors (Lipinski definition) is 7. The normalized spacial score (nSPS) is 17.0. The van der Waals surface area contributed by atoms with E-state index in [1.54, 1.807) is 24.2 Å². The first-order chi connectivity index (χ1) is 13.5. The van der Waals surface area contributed by atoms with Gasteiger partial charge in [-0.25, -0.2) is 15.0 Å². The Labute approximate surface area is 162 Å². The second kappa shape index (κ2) is 7.47. The fourth-order valence-corrected chi connectivity index (χ4v) is 3.32. The molecule has 8 heteroatoms. The fraction of sp³-hybridized carbons (Fsp3) is 0.350. The SMILES string of the molecule is Cc1ncc(C(=O)N2CCO[C@H](c3cccc(-c4c(C)noc4C)n3)C2)cn1. The number of rotatable bonds is 3. The van der Waals surface area contributed by atoms with E-state index in [9.17, 15) is 4.79 Å². The van der Waals surface area contributed by atoms with Gasteiger partial charge >= 0.3 is 0 Å². The summed E-state index contributed by atoms with van der Waals surface area (Å²) in [4.78, 5) is 27.5. The van der Waals surface area contributed by atoms with Crippen LogP contribution in [-0.2, 0) is 4.74 Å². The lowest BCUT2D eigenvalue weighted by atomic mass is 10.1. The van der Waals surface area contributed by atoms with Crippen LogP contribution in [0.25, 0.3) is 11.3 Å². The molecule has 4 rings (SSSR count). The molecule has 1 atom stereocenters. The Kier molecular flexibility index (Phi) is 4.87. The van der Waals surface area contributed by atoms with Gasteiger partial charge in [-0.1, -0.05) is 11.2 Å². The van der Waals surface area contributed by atoms with E-state index >= 15 is 0 Å². The van der Waals surface area contributed by atoms with Crippen molar-refractivity contribution in [1.29, 1.82) is 0 Å². The number of carbonyl (C=O) groups is 1. The average molecular weight is 379 g/mol. The quantitative estimate of drug-likeness (QED) is 0.690. The van der Waals surface area contributed by atoms with Crippen molar-refractivity contribution in [2.24, 2.45) is 0 Å². The van der Waals surface area contributed by atoms with Gasteiger partial charge in [-0.2, -0.15) is 0 Å². The van der Waals surface area contributed by atoms with Crippen LogP contribution >= 0.6 is 0 Å². The zero-order valence-corrected chi connectivity index (χ0v) is 16.0. The minimum absolute atomic E-state index is 0.102. The number of amides is 1. The summed E-state index contributed by atoms with van der Waals surface area (Å²) in [6.45, 7) is 6.93. The standard InChI is InChI=1S/C20H21N5O3/c1-12-19(13(2)28-24-12)17-6-4-5-16(23-17)18-11-25(7-8-27-18)20(26)15-9-21-14(3)22-10-15/h4-6,9-10,18H,7-8,11H2,1-3H3/t18-/m0/s1. The van der Waals surface area contributed by atoms with E-state index in [1.807, 2.05) is 32.0 Å². The van der Waals surface area contributed by atoms with Gasteiger partial charge in [0.2, 0.25) is 0 Å². The van der Waals surface area contributed by atoms with Crippen LogP contribution in [0.4, 0.5) is 0 Å². The van der Waals surface area contributed by atoms with Crippen molar-refractivity contribution in [2.45, 2.75) is 26.9 Å². The molecule has 3 aromatic rings. The predicted molar refractivity (Wildman–Crippen MR) is 101 cm³/mol. The lowest BCUT2D eigenvalue weighted by Crippen LogP contribution is -2.42. The van der Waals surface area contributed by atoms with Crippen LogP contribution < -0.4 is 0 Å². The molecule has 4 heterocycles. The summed E-state index contributed by atoms with van der Waals surface area (Å²) in [7, 11) is 0. The van der Waals surface area contributed by atoms with E-state index in [4.69, 9.17) is 14.2 Å². The molecule has 0 radical (unpaired) electrons. The Morgan fingerprint density at radius 2 is 1.96 bits per heavy atom. The maximum atomic E-state index is 12.8. The van der Waals surface area contributed by atoms with Gasteiger partial charge in [0.25, 0.3) is 5.91 Å². The summed E-state index contributed by atoms with van der Waals surface area (Å²) in [5.41, 5.74) is 3.72. The Morgan fingerprint density at radius 3 is 2.68 bits per heavy atom. The van der Waals surface area contributed by atoms with Gasteiger partial charge < -0.3 is 14.2 Å². The molecule has 1 saturated heterocycles. The second-order valence-corrected chi connectivity index (χ2v) is 6.78. The number of nitrogens with zero attached hydrogens (tertiary/aromatic N) is 5. The van der Waals surface area contributed by atoms with Crippen LogP contribution in [0.15, 0.2) is 35.1 Å². The van der Waals surface area contributed by atoms with Crippen LogP contribution in [0, 0.1) is 20.8 Å². The molecule has 0 N–H and O–H groups in total. The van der Waals surface area contributed by atoms with Crippen molar-refractivity contribution in [3.8, 4) is 11.3 Å². The number of carbonyl (C=O) groups excluding carboxylic acids is 1. The van der Waals surface area contributed by atoms with E-state index in [1.165, 1.54) is 0 Å². The Hall–Kier alpha value is -3.13. The molecule has 1 fully saturated rings. The molecule has 0 saturated carbocycles. The first-order valence-electron chi connectivity index (χ1n) is 9.12. The molecule has 0 aromatic carbocycles. The molecule has 0 spiro atoms. The first kappa shape index (κ1) is 18.2. The number of hydrogen-bond donors (Lipinski definition) is 0. The maximum absolute atomic E-state index is 12.8. The van der Waals surface area contributed by atoms with Crippen LogP contribution in [0.5, 0.6) is 0 Å². The van der Waals surface area contributed by atoms with Gasteiger partial charge in [0.15, 0.2) is 0 Å². The van der Waals surface area contributed by atoms with Gasteiger partial charge in [0.1, 0.15) is 17.7 Å². The summed E-state index contributed by atoms with van der Waals surface area (Å²) >= 11 is 0. The molecule has 1 amide bonds. The molecule has 8 nitrogen and oxygen atoms in total. The lowest BCUT2D eigenvalue weighted by molar-refractivity contribution is -0.0247. The number of aromatic nitrogens is 4. The van der Waals surface area contributed by atoms with Crippen molar-refractivity contribution in [2.75, 3.05) is 19.7 Å². The number of morpholine rings is 1. The molecule has 1 aliphatic rings. The summed E-state index contributed by atoms with van der Waals surface area (Å²) in [6.07, 6.45) is 2.82. The molecule has 0 unspecified atom stereocenters. The van der Waals surface area contributed by atoms with Gasteiger partial charge in [0.05, 0.1) is 41.4 Å². The van der Waals surface area contributed by atoms with Gasteiger partial charge in [-0.05, 0) is 32.9 Å². The highest BCUT2D eigenvalue weighted by atomic mass is 16.5. The zero-order chi connectivity index (χ0) is 19.7. The monoisotopic (exact) mass is 379 g/mol. The minimum atomic E-state index is -0.301. The molecule has 144 valence electrons. The summed E-state index contributed by atoms with van der Waals surface area (Å²) < 4.78 is 11.2. The molecule has 28 heavy (non-hydrogen) atoms. The third-order valence-corrected chi connectivity index (χ3v) is 4.77. The maximum Gasteiger partial charge on any atom is 0.257 e. The van der Waals surface area contributed by atoms with Crippen LogP contribution in [-0.4, -0.2) is 50.6 Å². The molecular formula is C20H21N5O3. The Bertz CT molecular complexity index is 980. The van der Waals surface area contributed by atoms with E-state index in [2.05, 4.69) is 15.1 Å². The fourth-order valence-electron chi connectivity index (χ4n) is 3.32. The highest BCUT2D eigenvalue weighted by molar-refractivity contribution is 5.93. The van der Waals surface area contributed by atoms with Crippen molar-refractivity contribution < 1.29 is 14.1 Å². The molecular weight excluding hydrogens is 358 g/mol. The average Bonchev–Trinajstić information content (AvgIpc) is 3.06. The first-order valence-corrected chi connectivity index (χ1v) is 9.12. The van der Waals surface area contributed by atoms with Crippen molar-refractivity contribution in [3.05, 3.63) is 59.1 Å². The van der Waals surface area contributed by atoms with Crippen LogP contribution in [0.1, 0.15) is 39.4 Å². The second-order valence-electron chi connectivity index (χ2n) is 6.78. The molecule has 3 aromatic heterocycles. The van der Waals surface area contributed by atoms with E-state index in [0.717, 1.165) is 28.4 Å². The topological polar surface area (TPSA) is 94.2 Å².